The van der Waals surface area contributed by atoms with Crippen molar-refractivity contribution < 1.29 is 4.79 Å². The second-order valence-corrected chi connectivity index (χ2v) is 9.54. The van der Waals surface area contributed by atoms with Crippen molar-refractivity contribution in [1.29, 1.82) is 0 Å². The number of halogens is 1. The van der Waals surface area contributed by atoms with Crippen LogP contribution in [0.3, 0.4) is 0 Å². The van der Waals surface area contributed by atoms with E-state index < -0.39 is 0 Å². The predicted octanol–water partition coefficient (Wildman–Crippen LogP) is 6.64. The van der Waals surface area contributed by atoms with Crippen LogP contribution < -0.4 is 4.90 Å². The van der Waals surface area contributed by atoms with Crippen LogP contribution in [0.4, 0.5) is 5.69 Å². The van der Waals surface area contributed by atoms with Crippen molar-refractivity contribution >= 4 is 34.1 Å². The van der Waals surface area contributed by atoms with Gasteiger partial charge in [0, 0.05) is 47.8 Å². The van der Waals surface area contributed by atoms with E-state index in [9.17, 15) is 4.79 Å². The minimum absolute atomic E-state index is 0.0643. The van der Waals surface area contributed by atoms with Crippen LogP contribution in [0.15, 0.2) is 78.9 Å². The highest BCUT2D eigenvalue weighted by Gasteiger charge is 2.24. The molecule has 5 rings (SSSR count). The minimum Gasteiger partial charge on any atom is -0.368 e. The maximum absolute atomic E-state index is 13.7. The summed E-state index contributed by atoms with van der Waals surface area (Å²) in [7, 11) is 0. The molecule has 0 N–H and O–H groups in total. The van der Waals surface area contributed by atoms with Crippen LogP contribution >= 0.6 is 11.6 Å². The summed E-state index contributed by atoms with van der Waals surface area (Å²) in [4.78, 5) is 22.8. The van der Waals surface area contributed by atoms with Crippen LogP contribution in [0.1, 0.15) is 35.7 Å². The smallest absolute Gasteiger partial charge is 0.254 e. The molecule has 0 radical (unpaired) electrons. The van der Waals surface area contributed by atoms with Gasteiger partial charge < -0.3 is 9.80 Å². The zero-order chi connectivity index (χ0) is 23.7. The van der Waals surface area contributed by atoms with Crippen LogP contribution in [0.25, 0.3) is 22.2 Å². The Kier molecular flexibility index (Phi) is 6.25. The van der Waals surface area contributed by atoms with E-state index in [-0.39, 0.29) is 5.91 Å². The third-order valence-corrected chi connectivity index (χ3v) is 6.83. The van der Waals surface area contributed by atoms with Gasteiger partial charge in [0.2, 0.25) is 0 Å². The standard InChI is InChI=1S/C29H28ClN3O/c1-20(2)21-7-9-22(10-8-21)28-19-26(25-5-3-4-6-27(25)31-28)29(34)33-17-15-32(16-18-33)24-13-11-23(30)12-14-24/h3-14,19-20H,15-18H2,1-2H3. The molecule has 0 spiro atoms. The molecule has 3 aromatic carbocycles. The Hall–Kier alpha value is -3.37. The molecule has 4 aromatic rings. The number of anilines is 1. The van der Waals surface area contributed by atoms with Crippen molar-refractivity contribution in [1.82, 2.24) is 9.88 Å². The van der Waals surface area contributed by atoms with Crippen molar-refractivity contribution in [3.8, 4) is 11.3 Å². The Bertz CT molecular complexity index is 1310. The first-order valence-electron chi connectivity index (χ1n) is 11.8. The van der Waals surface area contributed by atoms with Gasteiger partial charge in [0.1, 0.15) is 0 Å². The number of aromatic nitrogens is 1. The average molecular weight is 470 g/mol. The lowest BCUT2D eigenvalue weighted by atomic mass is 9.99. The number of benzene rings is 3. The molecule has 172 valence electrons. The fourth-order valence-electron chi connectivity index (χ4n) is 4.53. The van der Waals surface area contributed by atoms with Gasteiger partial charge in [-0.2, -0.15) is 0 Å². The number of carbonyl (C=O) groups excluding carboxylic acids is 1. The molecule has 0 saturated carbocycles. The third kappa shape index (κ3) is 4.51. The van der Waals surface area contributed by atoms with Gasteiger partial charge in [0.15, 0.2) is 0 Å². The number of nitrogens with zero attached hydrogens (tertiary/aromatic N) is 3. The fraction of sp³-hybridized carbons (Fsp3) is 0.241. The summed E-state index contributed by atoms with van der Waals surface area (Å²) in [6, 6.07) is 26.3. The van der Waals surface area contributed by atoms with Crippen molar-refractivity contribution in [2.24, 2.45) is 0 Å². The summed E-state index contributed by atoms with van der Waals surface area (Å²) in [5.41, 5.74) is 5.84. The van der Waals surface area contributed by atoms with E-state index >= 15 is 0 Å². The van der Waals surface area contributed by atoms with Gasteiger partial charge in [-0.15, -0.1) is 0 Å². The lowest BCUT2D eigenvalue weighted by Crippen LogP contribution is -2.48. The van der Waals surface area contributed by atoms with Gasteiger partial charge in [0.05, 0.1) is 16.8 Å². The fourth-order valence-corrected chi connectivity index (χ4v) is 4.65. The summed E-state index contributed by atoms with van der Waals surface area (Å²) < 4.78 is 0. The lowest BCUT2D eigenvalue weighted by Gasteiger charge is -2.36. The summed E-state index contributed by atoms with van der Waals surface area (Å²) in [6.07, 6.45) is 0. The molecule has 1 aliphatic heterocycles. The molecule has 1 amide bonds. The Morgan fingerprint density at radius 1 is 0.882 bits per heavy atom. The highest BCUT2D eigenvalue weighted by atomic mass is 35.5. The second-order valence-electron chi connectivity index (χ2n) is 9.10. The largest absolute Gasteiger partial charge is 0.368 e. The molecule has 0 unspecified atom stereocenters. The molecule has 0 aliphatic carbocycles. The molecule has 0 bridgehead atoms. The number of amides is 1. The maximum atomic E-state index is 13.7. The number of para-hydroxylation sites is 1. The first kappa shape index (κ1) is 22.4. The van der Waals surface area contributed by atoms with Crippen LogP contribution in [0.5, 0.6) is 0 Å². The molecule has 1 aliphatic rings. The Morgan fingerprint density at radius 3 is 2.24 bits per heavy atom. The normalized spacial score (nSPS) is 14.1. The van der Waals surface area contributed by atoms with Crippen molar-refractivity contribution in [2.75, 3.05) is 31.1 Å². The zero-order valence-corrected chi connectivity index (χ0v) is 20.3. The number of pyridine rings is 1. The van der Waals surface area contributed by atoms with E-state index in [1.54, 1.807) is 0 Å². The Balaban J connectivity index is 1.42. The highest BCUT2D eigenvalue weighted by Crippen LogP contribution is 2.28. The van der Waals surface area contributed by atoms with Gasteiger partial charge in [0.25, 0.3) is 5.91 Å². The zero-order valence-electron chi connectivity index (χ0n) is 19.5. The summed E-state index contributed by atoms with van der Waals surface area (Å²) in [6.45, 7) is 7.31. The van der Waals surface area contributed by atoms with Gasteiger partial charge >= 0.3 is 0 Å². The molecule has 0 atom stereocenters. The number of rotatable bonds is 4. The quantitative estimate of drug-likeness (QED) is 0.336. The highest BCUT2D eigenvalue weighted by molar-refractivity contribution is 6.30. The van der Waals surface area contributed by atoms with Gasteiger partial charge in [-0.25, -0.2) is 4.98 Å². The molecular formula is C29H28ClN3O. The Morgan fingerprint density at radius 2 is 1.56 bits per heavy atom. The van der Waals surface area contributed by atoms with E-state index in [1.807, 2.05) is 59.5 Å². The molecule has 1 fully saturated rings. The SMILES string of the molecule is CC(C)c1ccc(-c2cc(C(=O)N3CCN(c4ccc(Cl)cc4)CC3)c3ccccc3n2)cc1. The summed E-state index contributed by atoms with van der Waals surface area (Å²) in [5, 5.41) is 1.63. The molecule has 1 aromatic heterocycles. The van der Waals surface area contributed by atoms with Crippen molar-refractivity contribution in [2.45, 2.75) is 19.8 Å². The summed E-state index contributed by atoms with van der Waals surface area (Å²) >= 11 is 6.03. The minimum atomic E-state index is 0.0643. The predicted molar refractivity (Wildman–Crippen MR) is 141 cm³/mol. The van der Waals surface area contributed by atoms with Crippen molar-refractivity contribution in [3.63, 3.8) is 0 Å². The van der Waals surface area contributed by atoms with Crippen molar-refractivity contribution in [3.05, 3.63) is 95.0 Å². The van der Waals surface area contributed by atoms with E-state index in [0.717, 1.165) is 46.0 Å². The average Bonchev–Trinajstić information content (AvgIpc) is 2.88. The van der Waals surface area contributed by atoms with Gasteiger partial charge in [-0.05, 0) is 47.9 Å². The third-order valence-electron chi connectivity index (χ3n) is 6.58. The first-order valence-corrected chi connectivity index (χ1v) is 12.2. The lowest BCUT2D eigenvalue weighted by molar-refractivity contribution is 0.0748. The molecule has 1 saturated heterocycles. The Labute approximate surface area is 205 Å². The number of carbonyl (C=O) groups is 1. The number of fused-ring (bicyclic) bond motifs is 1. The van der Waals surface area contributed by atoms with E-state index in [2.05, 4.69) is 43.0 Å². The number of hydrogen-bond donors (Lipinski definition) is 0. The van der Waals surface area contributed by atoms with E-state index in [0.29, 0.717) is 24.6 Å². The van der Waals surface area contributed by atoms with Crippen LogP contribution in [0, 0.1) is 0 Å². The second kappa shape index (κ2) is 9.47. The number of hydrogen-bond acceptors (Lipinski definition) is 3. The monoisotopic (exact) mass is 469 g/mol. The molecular weight excluding hydrogens is 442 g/mol. The molecule has 5 heteroatoms. The summed E-state index contributed by atoms with van der Waals surface area (Å²) in [5.74, 6) is 0.539. The molecule has 4 nitrogen and oxygen atoms in total. The maximum Gasteiger partial charge on any atom is 0.254 e. The molecule has 2 heterocycles. The van der Waals surface area contributed by atoms with Gasteiger partial charge in [-0.3, -0.25) is 4.79 Å². The van der Waals surface area contributed by atoms with Crippen LogP contribution in [-0.2, 0) is 0 Å². The topological polar surface area (TPSA) is 36.4 Å². The van der Waals surface area contributed by atoms with E-state index in [4.69, 9.17) is 16.6 Å². The van der Waals surface area contributed by atoms with E-state index in [1.165, 1.54) is 5.56 Å². The van der Waals surface area contributed by atoms with Crippen LogP contribution in [-0.4, -0.2) is 42.0 Å². The van der Waals surface area contributed by atoms with Crippen LogP contribution in [0.2, 0.25) is 5.02 Å². The molecule has 34 heavy (non-hydrogen) atoms. The number of piperazine rings is 1. The first-order chi connectivity index (χ1) is 16.5. The van der Waals surface area contributed by atoms with Gasteiger partial charge in [-0.1, -0.05) is 67.9 Å².